The summed E-state index contributed by atoms with van der Waals surface area (Å²) in [5, 5.41) is 0. The fourth-order valence-electron chi connectivity index (χ4n) is 1.24. The first-order valence-electron chi connectivity index (χ1n) is 5.34. The molecule has 0 N–H and O–H groups in total. The van der Waals surface area contributed by atoms with E-state index in [1.54, 1.807) is 18.9 Å². The molecule has 0 aliphatic heterocycles. The Morgan fingerprint density at radius 3 is 2.47 bits per heavy atom. The van der Waals surface area contributed by atoms with Crippen LogP contribution in [0, 0.1) is 0 Å². The van der Waals surface area contributed by atoms with Gasteiger partial charge in [-0.1, -0.05) is 25.6 Å². The number of methoxy groups -OCH3 is 1. The fraction of sp³-hybridized carbons (Fsp3) is 0.333. The van der Waals surface area contributed by atoms with E-state index >= 15 is 0 Å². The zero-order chi connectivity index (χ0) is 12.3. The van der Waals surface area contributed by atoms with Crippen LogP contribution in [0.5, 0.6) is 5.75 Å². The minimum atomic E-state index is 0.386. The van der Waals surface area contributed by atoms with Gasteiger partial charge in [-0.15, -0.1) is 0 Å². The number of hydrogen-bond acceptors (Lipinski definition) is 5. The van der Waals surface area contributed by atoms with Gasteiger partial charge in [0.05, 0.1) is 7.11 Å². The number of ether oxygens (including phenoxy) is 1. The fourth-order valence-corrected chi connectivity index (χ4v) is 2.96. The Balaban J connectivity index is 2.08. The summed E-state index contributed by atoms with van der Waals surface area (Å²) in [6, 6.07) is 7.96. The van der Waals surface area contributed by atoms with Crippen molar-refractivity contribution in [2.75, 3.05) is 7.11 Å². The van der Waals surface area contributed by atoms with Crippen molar-refractivity contribution in [2.24, 2.45) is 0 Å². The van der Waals surface area contributed by atoms with Crippen molar-refractivity contribution >= 4 is 23.3 Å². The number of hydrogen-bond donors (Lipinski definition) is 0. The number of nitrogens with zero attached hydrogens (tertiary/aromatic N) is 2. The highest BCUT2D eigenvalue weighted by molar-refractivity contribution is 8.01. The Hall–Kier alpha value is -1.07. The lowest BCUT2D eigenvalue weighted by atomic mass is 10.2. The molecule has 1 aromatic heterocycles. The van der Waals surface area contributed by atoms with E-state index in [-0.39, 0.29) is 0 Å². The molecule has 0 aliphatic rings. The molecule has 3 nitrogen and oxygen atoms in total. The van der Waals surface area contributed by atoms with Crippen LogP contribution >= 0.6 is 23.3 Å². The third kappa shape index (κ3) is 3.20. The van der Waals surface area contributed by atoms with E-state index in [1.807, 2.05) is 24.3 Å². The van der Waals surface area contributed by atoms with E-state index in [0.29, 0.717) is 5.92 Å². The summed E-state index contributed by atoms with van der Waals surface area (Å²) in [6.45, 7) is 4.20. The molecule has 2 aromatic rings. The van der Waals surface area contributed by atoms with Crippen LogP contribution in [0.3, 0.4) is 0 Å². The highest BCUT2D eigenvalue weighted by Crippen LogP contribution is 2.31. The molecule has 0 unspecified atom stereocenters. The highest BCUT2D eigenvalue weighted by atomic mass is 32.2. The van der Waals surface area contributed by atoms with E-state index in [2.05, 4.69) is 23.2 Å². The van der Waals surface area contributed by atoms with Gasteiger partial charge < -0.3 is 4.74 Å². The van der Waals surface area contributed by atoms with E-state index in [4.69, 9.17) is 4.74 Å². The summed E-state index contributed by atoms with van der Waals surface area (Å²) >= 11 is 3.09. The van der Waals surface area contributed by atoms with Gasteiger partial charge in [0.1, 0.15) is 11.6 Å². The zero-order valence-corrected chi connectivity index (χ0v) is 11.6. The van der Waals surface area contributed by atoms with Gasteiger partial charge >= 0.3 is 0 Å². The maximum absolute atomic E-state index is 5.12. The van der Waals surface area contributed by atoms with Crippen LogP contribution in [0.25, 0.3) is 0 Å². The largest absolute Gasteiger partial charge is 0.497 e. The van der Waals surface area contributed by atoms with Crippen LogP contribution in [0.15, 0.2) is 33.5 Å². The van der Waals surface area contributed by atoms with Gasteiger partial charge in [-0.2, -0.15) is 4.37 Å². The maximum Gasteiger partial charge on any atom is 0.174 e. The van der Waals surface area contributed by atoms with E-state index in [1.165, 1.54) is 11.5 Å². The second-order valence-corrected chi connectivity index (χ2v) is 5.92. The molecule has 0 fully saturated rings. The van der Waals surface area contributed by atoms with Gasteiger partial charge in [0.2, 0.25) is 0 Å². The number of rotatable bonds is 4. The first kappa shape index (κ1) is 12.4. The third-order valence-corrected chi connectivity index (χ3v) is 3.98. The molecule has 0 saturated heterocycles. The van der Waals surface area contributed by atoms with Gasteiger partial charge in [0.25, 0.3) is 0 Å². The predicted octanol–water partition coefficient (Wildman–Crippen LogP) is 3.82. The summed E-state index contributed by atoms with van der Waals surface area (Å²) in [5.74, 6) is 2.18. The lowest BCUT2D eigenvalue weighted by Gasteiger charge is -2.00. The Kier molecular flexibility index (Phi) is 4.02. The van der Waals surface area contributed by atoms with Crippen LogP contribution in [0.4, 0.5) is 0 Å². The Morgan fingerprint density at radius 2 is 1.94 bits per heavy atom. The molecule has 17 heavy (non-hydrogen) atoms. The minimum Gasteiger partial charge on any atom is -0.497 e. The van der Waals surface area contributed by atoms with Crippen LogP contribution in [0.1, 0.15) is 25.6 Å². The topological polar surface area (TPSA) is 35.0 Å². The number of aromatic nitrogens is 2. The first-order chi connectivity index (χ1) is 8.19. The average molecular weight is 266 g/mol. The Labute approximate surface area is 109 Å². The summed E-state index contributed by atoms with van der Waals surface area (Å²) < 4.78 is 10.4. The maximum atomic E-state index is 5.12. The molecule has 0 aliphatic carbocycles. The molecule has 0 bridgehead atoms. The van der Waals surface area contributed by atoms with Crippen LogP contribution in [0.2, 0.25) is 0 Å². The average Bonchev–Trinajstić information content (AvgIpc) is 2.79. The van der Waals surface area contributed by atoms with E-state index in [9.17, 15) is 0 Å². The SMILES string of the molecule is COc1ccc(Sc2nc(C(C)C)ns2)cc1. The molecular weight excluding hydrogens is 252 g/mol. The van der Waals surface area contributed by atoms with Gasteiger partial charge in [-0.05, 0) is 35.8 Å². The lowest BCUT2D eigenvalue weighted by Crippen LogP contribution is -1.88. The molecule has 0 atom stereocenters. The number of benzene rings is 1. The summed E-state index contributed by atoms with van der Waals surface area (Å²) in [7, 11) is 1.67. The third-order valence-electron chi connectivity index (χ3n) is 2.20. The summed E-state index contributed by atoms with van der Waals surface area (Å²) in [6.07, 6.45) is 0. The van der Waals surface area contributed by atoms with Crippen molar-refractivity contribution in [3.63, 3.8) is 0 Å². The zero-order valence-electron chi connectivity index (χ0n) is 10.0. The Bertz CT molecular complexity index is 480. The standard InChI is InChI=1S/C12H14N2OS2/c1-8(2)11-13-12(17-14-11)16-10-6-4-9(15-3)5-7-10/h4-8H,1-3H3. The molecule has 5 heteroatoms. The van der Waals surface area contributed by atoms with E-state index in [0.717, 1.165) is 20.8 Å². The van der Waals surface area contributed by atoms with Gasteiger partial charge in [0, 0.05) is 10.8 Å². The minimum absolute atomic E-state index is 0.386. The van der Waals surface area contributed by atoms with Crippen LogP contribution < -0.4 is 4.74 Å². The molecule has 0 spiro atoms. The molecule has 0 saturated carbocycles. The molecule has 1 aromatic carbocycles. The molecule has 0 radical (unpaired) electrons. The smallest absolute Gasteiger partial charge is 0.174 e. The molecule has 0 amide bonds. The van der Waals surface area contributed by atoms with Crippen LogP contribution in [-0.4, -0.2) is 16.5 Å². The van der Waals surface area contributed by atoms with Crippen molar-refractivity contribution in [3.8, 4) is 5.75 Å². The van der Waals surface area contributed by atoms with Crippen LogP contribution in [-0.2, 0) is 0 Å². The normalized spacial score (nSPS) is 10.8. The predicted molar refractivity (Wildman–Crippen MR) is 71.1 cm³/mol. The van der Waals surface area contributed by atoms with Crippen molar-refractivity contribution < 1.29 is 4.74 Å². The van der Waals surface area contributed by atoms with Crippen molar-refractivity contribution in [1.29, 1.82) is 0 Å². The monoisotopic (exact) mass is 266 g/mol. The van der Waals surface area contributed by atoms with Gasteiger partial charge in [0.15, 0.2) is 4.34 Å². The molecule has 1 heterocycles. The molecular formula is C12H14N2OS2. The highest BCUT2D eigenvalue weighted by Gasteiger charge is 2.08. The second kappa shape index (κ2) is 5.51. The van der Waals surface area contributed by atoms with Gasteiger partial charge in [-0.25, -0.2) is 4.98 Å². The quantitative estimate of drug-likeness (QED) is 0.842. The molecule has 90 valence electrons. The van der Waals surface area contributed by atoms with Crippen molar-refractivity contribution in [3.05, 3.63) is 30.1 Å². The lowest BCUT2D eigenvalue weighted by molar-refractivity contribution is 0.414. The molecule has 2 rings (SSSR count). The van der Waals surface area contributed by atoms with Crippen molar-refractivity contribution in [2.45, 2.75) is 29.0 Å². The van der Waals surface area contributed by atoms with E-state index < -0.39 is 0 Å². The first-order valence-corrected chi connectivity index (χ1v) is 6.93. The summed E-state index contributed by atoms with van der Waals surface area (Å²) in [5.41, 5.74) is 0. The Morgan fingerprint density at radius 1 is 1.24 bits per heavy atom. The van der Waals surface area contributed by atoms with Gasteiger partial charge in [-0.3, -0.25) is 0 Å². The summed E-state index contributed by atoms with van der Waals surface area (Å²) in [4.78, 5) is 5.64. The second-order valence-electron chi connectivity index (χ2n) is 3.85. The van der Waals surface area contributed by atoms with Crippen molar-refractivity contribution in [1.82, 2.24) is 9.36 Å².